The van der Waals surface area contributed by atoms with Crippen LogP contribution in [0.2, 0.25) is 0 Å². The summed E-state index contributed by atoms with van der Waals surface area (Å²) in [6.07, 6.45) is -7.11. The first kappa shape index (κ1) is 40.5. The Kier molecular flexibility index (Phi) is 13.7. The van der Waals surface area contributed by atoms with Crippen molar-refractivity contribution in [3.63, 3.8) is 0 Å². The van der Waals surface area contributed by atoms with Crippen molar-refractivity contribution < 1.29 is 69.2 Å². The Labute approximate surface area is 272 Å². The largest absolute Gasteiger partial charge is 0.490 e. The number of nitrogens with zero attached hydrogens (tertiary/aromatic N) is 5. The number of fused-ring (bicyclic) bond motifs is 2. The van der Waals surface area contributed by atoms with Crippen LogP contribution in [0.5, 0.6) is 0 Å². The van der Waals surface area contributed by atoms with Gasteiger partial charge in [-0.15, -0.1) is 0 Å². The number of likely N-dealkylation sites (N-methyl/N-ethyl adjacent to an activating group) is 1. The molecule has 11 nitrogen and oxygen atoms in total. The Hall–Kier alpha value is -4.72. The van der Waals surface area contributed by atoms with Gasteiger partial charge in [0.25, 0.3) is 0 Å². The number of aliphatic carboxylic acids is 3. The number of rotatable bonds is 3. The van der Waals surface area contributed by atoms with Gasteiger partial charge in [0.15, 0.2) is 0 Å². The van der Waals surface area contributed by atoms with Crippen molar-refractivity contribution >= 4 is 17.9 Å². The molecule has 0 unspecified atom stereocenters. The van der Waals surface area contributed by atoms with E-state index in [1.165, 1.54) is 22.6 Å². The van der Waals surface area contributed by atoms with Crippen LogP contribution < -0.4 is 0 Å². The fraction of sp³-hybridized carbons (Fsp3) is 0.414. The minimum Gasteiger partial charge on any atom is -0.475 e. The van der Waals surface area contributed by atoms with E-state index in [2.05, 4.69) is 69.0 Å². The standard InChI is InChI=1S/C23H27N5.3C2HF3O2/c1-26-14-15-28-21(20-7-3-2-4-8-20)17-25-22(28)23(26)9-12-27(13-10-23)18-19-6-5-11-24-16-19;3*3-2(4,5)1(6)7/h2-8,11,16-17H,9-10,12-15,18H2,1H3;3*(H,6,7). The van der Waals surface area contributed by atoms with E-state index in [9.17, 15) is 39.5 Å². The third-order valence-corrected chi connectivity index (χ3v) is 7.27. The molecule has 0 aliphatic carbocycles. The molecule has 0 amide bonds. The molecule has 1 aromatic carbocycles. The monoisotopic (exact) mass is 715 g/mol. The summed E-state index contributed by atoms with van der Waals surface area (Å²) in [6, 6.07) is 14.9. The second kappa shape index (κ2) is 16.6. The van der Waals surface area contributed by atoms with Gasteiger partial charge in [0.1, 0.15) is 5.82 Å². The van der Waals surface area contributed by atoms with E-state index in [-0.39, 0.29) is 5.54 Å². The summed E-state index contributed by atoms with van der Waals surface area (Å²) < 4.78 is 97.7. The Bertz CT molecular complexity index is 1470. The Morgan fingerprint density at radius 2 is 1.22 bits per heavy atom. The maximum atomic E-state index is 10.6. The van der Waals surface area contributed by atoms with Gasteiger partial charge in [-0.05, 0) is 37.1 Å². The van der Waals surface area contributed by atoms with Crippen molar-refractivity contribution in [1.82, 2.24) is 24.3 Å². The number of carboxylic acids is 3. The van der Waals surface area contributed by atoms with E-state index in [0.29, 0.717) is 0 Å². The summed E-state index contributed by atoms with van der Waals surface area (Å²) >= 11 is 0. The van der Waals surface area contributed by atoms with Gasteiger partial charge in [-0.1, -0.05) is 36.4 Å². The Balaban J connectivity index is 0.000000325. The lowest BCUT2D eigenvalue weighted by molar-refractivity contribution is -0.193. The van der Waals surface area contributed by atoms with Crippen molar-refractivity contribution in [3.8, 4) is 11.3 Å². The lowest BCUT2D eigenvalue weighted by atomic mass is 9.83. The average molecular weight is 716 g/mol. The van der Waals surface area contributed by atoms with E-state index < -0.39 is 36.4 Å². The maximum absolute atomic E-state index is 10.6. The minimum absolute atomic E-state index is 0.0523. The summed E-state index contributed by atoms with van der Waals surface area (Å²) in [5.74, 6) is -7.02. The van der Waals surface area contributed by atoms with Crippen LogP contribution in [-0.4, -0.2) is 103 Å². The van der Waals surface area contributed by atoms with Gasteiger partial charge < -0.3 is 19.9 Å². The van der Waals surface area contributed by atoms with Crippen LogP contribution in [0.15, 0.2) is 61.1 Å². The van der Waals surface area contributed by atoms with E-state index >= 15 is 0 Å². The first-order valence-corrected chi connectivity index (χ1v) is 13.9. The third-order valence-electron chi connectivity index (χ3n) is 7.27. The number of carbonyl (C=O) groups is 3. The number of alkyl halides is 9. The number of imidazole rings is 1. The number of pyridine rings is 1. The highest BCUT2D eigenvalue weighted by atomic mass is 19.4. The number of carboxylic acid groups (broad SMARTS) is 3. The first-order chi connectivity index (χ1) is 22.6. The molecule has 1 saturated heterocycles. The van der Waals surface area contributed by atoms with Crippen LogP contribution in [0.25, 0.3) is 11.3 Å². The van der Waals surface area contributed by atoms with Gasteiger partial charge >= 0.3 is 36.4 Å². The van der Waals surface area contributed by atoms with Crippen LogP contribution in [0.1, 0.15) is 24.2 Å². The zero-order valence-corrected chi connectivity index (χ0v) is 25.4. The number of likely N-dealkylation sites (tertiary alicyclic amines) is 1. The molecule has 5 rings (SSSR count). The predicted molar refractivity (Wildman–Crippen MR) is 152 cm³/mol. The lowest BCUT2D eigenvalue weighted by Crippen LogP contribution is -2.56. The number of benzene rings is 1. The van der Waals surface area contributed by atoms with E-state index in [0.717, 1.165) is 45.6 Å². The van der Waals surface area contributed by atoms with Gasteiger partial charge in [0, 0.05) is 45.1 Å². The minimum atomic E-state index is -5.08. The molecule has 2 aliphatic rings. The SMILES string of the molecule is CN1CCn2c(-c3ccccc3)cnc2C12CCN(Cc1cccnc1)CC2.O=C(O)C(F)(F)F.O=C(O)C(F)(F)F.O=C(O)C(F)(F)F. The zero-order valence-electron chi connectivity index (χ0n) is 25.4. The van der Waals surface area contributed by atoms with Gasteiger partial charge in [0.05, 0.1) is 17.4 Å². The van der Waals surface area contributed by atoms with Crippen LogP contribution >= 0.6 is 0 Å². The van der Waals surface area contributed by atoms with Gasteiger partial charge in [0.2, 0.25) is 0 Å². The molecule has 0 radical (unpaired) electrons. The number of hydrogen-bond donors (Lipinski definition) is 3. The molecule has 0 atom stereocenters. The lowest BCUT2D eigenvalue weighted by Gasteiger charge is -2.49. The predicted octanol–water partition coefficient (Wildman–Crippen LogP) is 5.28. The van der Waals surface area contributed by atoms with Crippen molar-refractivity contribution in [3.05, 3.63) is 72.4 Å². The molecule has 1 spiro atoms. The Morgan fingerprint density at radius 3 is 1.65 bits per heavy atom. The van der Waals surface area contributed by atoms with E-state index in [1.54, 1.807) is 0 Å². The maximum Gasteiger partial charge on any atom is 0.490 e. The van der Waals surface area contributed by atoms with Crippen molar-refractivity contribution in [2.75, 3.05) is 26.7 Å². The molecule has 3 aromatic rings. The van der Waals surface area contributed by atoms with Crippen LogP contribution in [0.4, 0.5) is 39.5 Å². The summed E-state index contributed by atoms with van der Waals surface area (Å²) in [7, 11) is 2.27. The summed E-state index contributed by atoms with van der Waals surface area (Å²) in [4.78, 5) is 41.0. The fourth-order valence-corrected chi connectivity index (χ4v) is 4.88. The number of halogens is 9. The van der Waals surface area contributed by atoms with Crippen molar-refractivity contribution in [2.24, 2.45) is 0 Å². The highest BCUT2D eigenvalue weighted by Crippen LogP contribution is 2.41. The molecule has 3 N–H and O–H groups in total. The van der Waals surface area contributed by atoms with Gasteiger partial charge in [-0.2, -0.15) is 39.5 Å². The van der Waals surface area contributed by atoms with E-state index in [1.807, 2.05) is 18.5 Å². The van der Waals surface area contributed by atoms with Crippen LogP contribution in [0, 0.1) is 0 Å². The smallest absolute Gasteiger partial charge is 0.475 e. The summed E-state index contributed by atoms with van der Waals surface area (Å²) in [6.45, 7) is 5.25. The average Bonchev–Trinajstić information content (AvgIpc) is 3.46. The molecule has 20 heteroatoms. The van der Waals surface area contributed by atoms with Crippen molar-refractivity contribution in [1.29, 1.82) is 0 Å². The highest BCUT2D eigenvalue weighted by molar-refractivity contribution is 5.73. The molecular formula is C29H30F9N5O6. The number of piperidine rings is 1. The number of aromatic nitrogens is 3. The molecule has 0 bridgehead atoms. The first-order valence-electron chi connectivity index (χ1n) is 13.9. The number of hydrogen-bond acceptors (Lipinski definition) is 7. The third kappa shape index (κ3) is 11.7. The zero-order chi connectivity index (χ0) is 37.2. The fourth-order valence-electron chi connectivity index (χ4n) is 4.88. The van der Waals surface area contributed by atoms with Crippen molar-refractivity contribution in [2.45, 2.75) is 50.0 Å². The highest BCUT2D eigenvalue weighted by Gasteiger charge is 2.45. The molecule has 1 fully saturated rings. The summed E-state index contributed by atoms with van der Waals surface area (Å²) in [5.41, 5.74) is 3.86. The second-order valence-electron chi connectivity index (χ2n) is 10.5. The molecule has 49 heavy (non-hydrogen) atoms. The molecule has 0 saturated carbocycles. The van der Waals surface area contributed by atoms with Crippen LogP contribution in [-0.2, 0) is 33.0 Å². The molecule has 4 heterocycles. The second-order valence-corrected chi connectivity index (χ2v) is 10.5. The molecule has 2 aliphatic heterocycles. The quantitative estimate of drug-likeness (QED) is 0.306. The Morgan fingerprint density at radius 1 is 0.735 bits per heavy atom. The molecule has 2 aromatic heterocycles. The molecule has 270 valence electrons. The van der Waals surface area contributed by atoms with Gasteiger partial charge in [-0.25, -0.2) is 19.4 Å². The normalized spacial score (nSPS) is 16.0. The van der Waals surface area contributed by atoms with Gasteiger partial charge in [-0.3, -0.25) is 14.8 Å². The van der Waals surface area contributed by atoms with E-state index in [4.69, 9.17) is 34.7 Å². The topological polar surface area (TPSA) is 149 Å². The molecular weight excluding hydrogens is 685 g/mol. The summed E-state index contributed by atoms with van der Waals surface area (Å²) in [5, 5.41) is 21.4. The van der Waals surface area contributed by atoms with Crippen LogP contribution in [0.3, 0.4) is 0 Å².